The van der Waals surface area contributed by atoms with Crippen LogP contribution in [-0.4, -0.2) is 66.1 Å². The molecule has 5 atom stereocenters. The molecule has 0 aromatic heterocycles. The number of hydrogen-bond acceptors (Lipinski definition) is 6. The van der Waals surface area contributed by atoms with Gasteiger partial charge in [0.1, 0.15) is 24.4 Å². The van der Waals surface area contributed by atoms with E-state index in [1.54, 1.807) is 0 Å². The minimum absolute atomic E-state index is 0.434. The van der Waals surface area contributed by atoms with E-state index in [0.717, 1.165) is 0 Å². The highest BCUT2D eigenvalue weighted by Gasteiger charge is 2.45. The van der Waals surface area contributed by atoms with Crippen molar-refractivity contribution in [3.63, 3.8) is 0 Å². The molecular weight excluding hydrogens is 232 g/mol. The zero-order valence-electron chi connectivity index (χ0n) is 9.70. The van der Waals surface area contributed by atoms with Crippen LogP contribution >= 0.6 is 0 Å². The smallest absolute Gasteiger partial charge is 0.187 e. The van der Waals surface area contributed by atoms with Crippen molar-refractivity contribution >= 4 is 8.32 Å². The Labute approximate surface area is 95.6 Å². The van der Waals surface area contributed by atoms with E-state index < -0.39 is 45.6 Å². The Morgan fingerprint density at radius 1 is 1.06 bits per heavy atom. The molecular formula is C9H20O6Si. The lowest BCUT2D eigenvalue weighted by atomic mass is 10.00. The Morgan fingerprint density at radius 3 is 2.06 bits per heavy atom. The number of aliphatic hydroxyl groups is 4. The average molecular weight is 252 g/mol. The van der Waals surface area contributed by atoms with Crippen LogP contribution in [0.2, 0.25) is 19.6 Å². The van der Waals surface area contributed by atoms with Crippen LogP contribution in [0.4, 0.5) is 0 Å². The van der Waals surface area contributed by atoms with Gasteiger partial charge in [0.15, 0.2) is 14.6 Å². The quantitative estimate of drug-likeness (QED) is 0.463. The summed E-state index contributed by atoms with van der Waals surface area (Å²) in [4.78, 5) is 0. The molecule has 0 aliphatic carbocycles. The molecule has 1 rings (SSSR count). The van der Waals surface area contributed by atoms with Crippen LogP contribution < -0.4 is 0 Å². The molecule has 0 spiro atoms. The molecule has 1 fully saturated rings. The van der Waals surface area contributed by atoms with Gasteiger partial charge in [0.25, 0.3) is 0 Å². The fourth-order valence-electron chi connectivity index (χ4n) is 1.51. The molecule has 6 nitrogen and oxygen atoms in total. The molecule has 0 unspecified atom stereocenters. The summed E-state index contributed by atoms with van der Waals surface area (Å²) in [6.45, 7) is 5.30. The van der Waals surface area contributed by atoms with Gasteiger partial charge in [0.05, 0.1) is 6.61 Å². The second kappa shape index (κ2) is 5.09. The van der Waals surface area contributed by atoms with E-state index in [0.29, 0.717) is 0 Å². The minimum Gasteiger partial charge on any atom is -0.394 e. The first-order valence-corrected chi connectivity index (χ1v) is 8.65. The fourth-order valence-corrected chi connectivity index (χ4v) is 2.41. The number of rotatable bonds is 3. The largest absolute Gasteiger partial charge is 0.394 e. The lowest BCUT2D eigenvalue weighted by Gasteiger charge is -2.41. The second-order valence-corrected chi connectivity index (χ2v) is 9.39. The third-order valence-corrected chi connectivity index (χ3v) is 3.26. The Balaban J connectivity index is 2.71. The number of ether oxygens (including phenoxy) is 1. The van der Waals surface area contributed by atoms with Gasteiger partial charge in [-0.3, -0.25) is 0 Å². The third-order valence-electron chi connectivity index (χ3n) is 2.32. The number of hydrogen-bond donors (Lipinski definition) is 4. The van der Waals surface area contributed by atoms with Crippen LogP contribution in [0.1, 0.15) is 0 Å². The minimum atomic E-state index is -1.94. The van der Waals surface area contributed by atoms with Crippen molar-refractivity contribution < 1.29 is 29.6 Å². The maximum absolute atomic E-state index is 9.67. The van der Waals surface area contributed by atoms with Crippen LogP contribution in [0.15, 0.2) is 0 Å². The molecule has 1 saturated heterocycles. The summed E-state index contributed by atoms with van der Waals surface area (Å²) >= 11 is 0. The molecule has 0 saturated carbocycles. The Hall–Kier alpha value is -0.0231. The molecule has 0 bridgehead atoms. The van der Waals surface area contributed by atoms with E-state index in [-0.39, 0.29) is 0 Å². The molecule has 16 heavy (non-hydrogen) atoms. The molecule has 1 aliphatic heterocycles. The lowest BCUT2D eigenvalue weighted by molar-refractivity contribution is -0.280. The van der Waals surface area contributed by atoms with Crippen molar-refractivity contribution in [3.8, 4) is 0 Å². The summed E-state index contributed by atoms with van der Waals surface area (Å²) < 4.78 is 10.7. The van der Waals surface area contributed by atoms with Gasteiger partial charge in [-0.05, 0) is 19.6 Å². The first-order valence-electron chi connectivity index (χ1n) is 5.24. The number of aliphatic hydroxyl groups excluding tert-OH is 4. The van der Waals surface area contributed by atoms with E-state index in [1.165, 1.54) is 0 Å². The predicted molar refractivity (Wildman–Crippen MR) is 58.2 cm³/mol. The molecule has 0 amide bonds. The van der Waals surface area contributed by atoms with E-state index in [1.807, 2.05) is 19.6 Å². The van der Waals surface area contributed by atoms with Crippen LogP contribution in [-0.2, 0) is 9.16 Å². The average Bonchev–Trinajstić information content (AvgIpc) is 2.17. The summed E-state index contributed by atoms with van der Waals surface area (Å²) in [5.41, 5.74) is 0. The Morgan fingerprint density at radius 2 is 1.62 bits per heavy atom. The standard InChI is InChI=1S/C9H20O6Si/c1-16(2,3)15-9-8(13)7(12)6(11)5(4-10)14-9/h5-13H,4H2,1-3H3/t5-,6-,7+,8+,9+/m1/s1. The summed E-state index contributed by atoms with van der Waals surface area (Å²) in [6.07, 6.45) is -5.90. The van der Waals surface area contributed by atoms with Gasteiger partial charge in [-0.15, -0.1) is 0 Å². The third kappa shape index (κ3) is 3.23. The molecule has 7 heteroatoms. The van der Waals surface area contributed by atoms with Gasteiger partial charge in [0, 0.05) is 0 Å². The molecule has 4 N–H and O–H groups in total. The van der Waals surface area contributed by atoms with Crippen molar-refractivity contribution in [2.24, 2.45) is 0 Å². The maximum atomic E-state index is 9.67. The van der Waals surface area contributed by atoms with Gasteiger partial charge in [-0.2, -0.15) is 0 Å². The fraction of sp³-hybridized carbons (Fsp3) is 1.00. The van der Waals surface area contributed by atoms with Gasteiger partial charge in [-0.1, -0.05) is 0 Å². The summed E-state index contributed by atoms with van der Waals surface area (Å²) in [5.74, 6) is 0. The molecule has 1 heterocycles. The Kier molecular flexibility index (Phi) is 4.47. The first-order chi connectivity index (χ1) is 7.26. The summed E-state index contributed by atoms with van der Waals surface area (Å²) in [5, 5.41) is 37.7. The van der Waals surface area contributed by atoms with Gasteiger partial charge in [-0.25, -0.2) is 0 Å². The first kappa shape index (κ1) is 14.0. The van der Waals surface area contributed by atoms with Crippen molar-refractivity contribution in [3.05, 3.63) is 0 Å². The van der Waals surface area contributed by atoms with Gasteiger partial charge >= 0.3 is 0 Å². The van der Waals surface area contributed by atoms with Crippen molar-refractivity contribution in [1.29, 1.82) is 0 Å². The SMILES string of the molecule is C[Si](C)(C)O[C@@H]1O[C@H](CO)[C@@H](O)[C@H](O)[C@@H]1O. The van der Waals surface area contributed by atoms with E-state index in [4.69, 9.17) is 14.3 Å². The lowest BCUT2D eigenvalue weighted by Crippen LogP contribution is -2.60. The molecule has 96 valence electrons. The molecule has 0 radical (unpaired) electrons. The Bertz CT molecular complexity index is 229. The highest BCUT2D eigenvalue weighted by Crippen LogP contribution is 2.24. The molecule has 1 aliphatic rings. The van der Waals surface area contributed by atoms with Crippen LogP contribution in [0, 0.1) is 0 Å². The highest BCUT2D eigenvalue weighted by atomic mass is 28.4. The van der Waals surface area contributed by atoms with E-state index in [9.17, 15) is 15.3 Å². The van der Waals surface area contributed by atoms with E-state index >= 15 is 0 Å². The van der Waals surface area contributed by atoms with E-state index in [2.05, 4.69) is 0 Å². The van der Waals surface area contributed by atoms with Crippen molar-refractivity contribution in [2.45, 2.75) is 50.3 Å². The monoisotopic (exact) mass is 252 g/mol. The zero-order valence-corrected chi connectivity index (χ0v) is 10.7. The summed E-state index contributed by atoms with van der Waals surface area (Å²) in [7, 11) is -1.94. The topological polar surface area (TPSA) is 99.4 Å². The second-order valence-electron chi connectivity index (χ2n) is 4.93. The molecule has 0 aromatic carbocycles. The highest BCUT2D eigenvalue weighted by molar-refractivity contribution is 6.69. The van der Waals surface area contributed by atoms with Crippen LogP contribution in [0.3, 0.4) is 0 Å². The van der Waals surface area contributed by atoms with Crippen LogP contribution in [0.25, 0.3) is 0 Å². The maximum Gasteiger partial charge on any atom is 0.187 e. The van der Waals surface area contributed by atoms with Gasteiger partial charge < -0.3 is 29.6 Å². The predicted octanol–water partition coefficient (Wildman–Crippen LogP) is -1.36. The zero-order chi connectivity index (χ0) is 12.5. The molecule has 0 aromatic rings. The van der Waals surface area contributed by atoms with Crippen molar-refractivity contribution in [2.75, 3.05) is 6.61 Å². The van der Waals surface area contributed by atoms with Gasteiger partial charge in [0.2, 0.25) is 0 Å². The normalized spacial score (nSPS) is 41.1. The summed E-state index contributed by atoms with van der Waals surface area (Å²) in [6, 6.07) is 0. The van der Waals surface area contributed by atoms with Crippen molar-refractivity contribution in [1.82, 2.24) is 0 Å². The van der Waals surface area contributed by atoms with Crippen LogP contribution in [0.5, 0.6) is 0 Å².